The number of nitro benzene ring substituents is 1. The molecule has 0 bridgehead atoms. The summed E-state index contributed by atoms with van der Waals surface area (Å²) >= 11 is 5.11. The number of aryl methyl sites for hydroxylation is 1. The van der Waals surface area contributed by atoms with Crippen molar-refractivity contribution in [2.75, 3.05) is 5.32 Å². The van der Waals surface area contributed by atoms with E-state index in [-0.39, 0.29) is 16.7 Å². The van der Waals surface area contributed by atoms with Crippen LogP contribution in [0.5, 0.6) is 0 Å². The molecule has 2 rings (SSSR count). The third kappa shape index (κ3) is 4.49. The summed E-state index contributed by atoms with van der Waals surface area (Å²) in [6.07, 6.45) is 5.05. The molecular formula is C15H19N3O3S. The molecule has 1 aromatic carbocycles. The Balaban J connectivity index is 1.92. The van der Waals surface area contributed by atoms with Crippen molar-refractivity contribution in [3.63, 3.8) is 0 Å². The van der Waals surface area contributed by atoms with Gasteiger partial charge in [-0.15, -0.1) is 0 Å². The van der Waals surface area contributed by atoms with Crippen LogP contribution in [0, 0.1) is 23.0 Å². The molecule has 0 heterocycles. The van der Waals surface area contributed by atoms with E-state index in [2.05, 4.69) is 10.6 Å². The molecule has 0 atom stereocenters. The summed E-state index contributed by atoms with van der Waals surface area (Å²) in [5, 5.41) is 16.5. The number of nitrogens with zero attached hydrogens (tertiary/aromatic N) is 1. The largest absolute Gasteiger partial charge is 0.332 e. The number of carbonyl (C=O) groups is 1. The van der Waals surface area contributed by atoms with E-state index in [1.54, 1.807) is 6.07 Å². The summed E-state index contributed by atoms with van der Waals surface area (Å²) in [6.45, 7) is 1.81. The molecule has 1 aliphatic carbocycles. The van der Waals surface area contributed by atoms with E-state index in [4.69, 9.17) is 12.2 Å². The summed E-state index contributed by atoms with van der Waals surface area (Å²) in [5.74, 6) is 0.342. The molecular weight excluding hydrogens is 302 g/mol. The second kappa shape index (κ2) is 7.31. The van der Waals surface area contributed by atoms with E-state index in [0.717, 1.165) is 18.4 Å². The lowest BCUT2D eigenvalue weighted by molar-refractivity contribution is -0.384. The van der Waals surface area contributed by atoms with E-state index in [1.807, 2.05) is 6.92 Å². The van der Waals surface area contributed by atoms with Crippen LogP contribution in [0.4, 0.5) is 11.4 Å². The molecule has 0 saturated heterocycles. The van der Waals surface area contributed by atoms with Gasteiger partial charge in [0.05, 0.1) is 4.92 Å². The van der Waals surface area contributed by atoms with E-state index in [0.29, 0.717) is 18.0 Å². The van der Waals surface area contributed by atoms with E-state index in [9.17, 15) is 14.9 Å². The van der Waals surface area contributed by atoms with Crippen LogP contribution in [0.25, 0.3) is 0 Å². The Bertz CT molecular complexity index is 598. The van der Waals surface area contributed by atoms with Gasteiger partial charge < -0.3 is 10.6 Å². The van der Waals surface area contributed by atoms with Gasteiger partial charge in [-0.1, -0.05) is 18.9 Å². The van der Waals surface area contributed by atoms with Crippen molar-refractivity contribution in [2.45, 2.75) is 39.0 Å². The number of amides is 1. The maximum atomic E-state index is 11.9. The Morgan fingerprint density at radius 3 is 2.73 bits per heavy atom. The van der Waals surface area contributed by atoms with Gasteiger partial charge in [-0.2, -0.15) is 0 Å². The molecule has 1 aliphatic rings. The van der Waals surface area contributed by atoms with Crippen molar-refractivity contribution in [1.29, 1.82) is 0 Å². The standard InChI is InChI=1S/C15H19N3O3S/c1-10-6-7-12(18(20)21)9-13(10)16-15(22)17-14(19)8-11-4-2-3-5-11/h6-7,9,11H,2-5,8H2,1H3,(H2,16,17,19,22). The van der Waals surface area contributed by atoms with Gasteiger partial charge in [-0.05, 0) is 43.5 Å². The summed E-state index contributed by atoms with van der Waals surface area (Å²) in [4.78, 5) is 22.2. The lowest BCUT2D eigenvalue weighted by atomic mass is 10.0. The first kappa shape index (κ1) is 16.4. The first-order valence-electron chi connectivity index (χ1n) is 7.31. The predicted molar refractivity (Wildman–Crippen MR) is 88.8 cm³/mol. The van der Waals surface area contributed by atoms with Gasteiger partial charge in [0.1, 0.15) is 0 Å². The molecule has 7 heteroatoms. The lowest BCUT2D eigenvalue weighted by Crippen LogP contribution is -2.35. The highest BCUT2D eigenvalue weighted by molar-refractivity contribution is 7.80. The Hall–Kier alpha value is -2.02. The van der Waals surface area contributed by atoms with Gasteiger partial charge in [-0.3, -0.25) is 14.9 Å². The monoisotopic (exact) mass is 321 g/mol. The first-order chi connectivity index (χ1) is 10.5. The lowest BCUT2D eigenvalue weighted by Gasteiger charge is -2.13. The van der Waals surface area contributed by atoms with Crippen molar-refractivity contribution >= 4 is 34.6 Å². The number of rotatable bonds is 4. The number of carbonyl (C=O) groups excluding carboxylic acids is 1. The second-order valence-corrected chi connectivity index (χ2v) is 6.02. The van der Waals surface area contributed by atoms with Crippen molar-refractivity contribution in [1.82, 2.24) is 5.32 Å². The Morgan fingerprint density at radius 1 is 1.41 bits per heavy atom. The van der Waals surface area contributed by atoms with E-state index in [1.165, 1.54) is 25.0 Å². The molecule has 118 valence electrons. The Morgan fingerprint density at radius 2 is 2.09 bits per heavy atom. The molecule has 1 saturated carbocycles. The molecule has 0 radical (unpaired) electrons. The van der Waals surface area contributed by atoms with Crippen LogP contribution >= 0.6 is 12.2 Å². The fourth-order valence-electron chi connectivity index (χ4n) is 2.67. The summed E-state index contributed by atoms with van der Waals surface area (Å²) in [5.41, 5.74) is 1.33. The number of nitrogens with one attached hydrogen (secondary N) is 2. The fourth-order valence-corrected chi connectivity index (χ4v) is 2.89. The summed E-state index contributed by atoms with van der Waals surface area (Å²) in [6, 6.07) is 4.48. The fraction of sp³-hybridized carbons (Fsp3) is 0.467. The number of hydrogen-bond donors (Lipinski definition) is 2. The zero-order chi connectivity index (χ0) is 16.1. The van der Waals surface area contributed by atoms with Crippen LogP contribution in [0.3, 0.4) is 0 Å². The third-order valence-electron chi connectivity index (χ3n) is 3.88. The number of nitro groups is 1. The van der Waals surface area contributed by atoms with Crippen LogP contribution in [-0.4, -0.2) is 15.9 Å². The minimum absolute atomic E-state index is 0.0202. The van der Waals surface area contributed by atoms with Crippen LogP contribution in [-0.2, 0) is 4.79 Å². The topological polar surface area (TPSA) is 84.3 Å². The van der Waals surface area contributed by atoms with Crippen molar-refractivity contribution in [3.8, 4) is 0 Å². The first-order valence-corrected chi connectivity index (χ1v) is 7.72. The quantitative estimate of drug-likeness (QED) is 0.505. The minimum atomic E-state index is -0.466. The molecule has 1 fully saturated rings. The molecule has 1 amide bonds. The predicted octanol–water partition coefficient (Wildman–Crippen LogP) is 3.30. The van der Waals surface area contributed by atoms with Gasteiger partial charge in [-0.25, -0.2) is 0 Å². The molecule has 22 heavy (non-hydrogen) atoms. The average molecular weight is 321 g/mol. The Kier molecular flexibility index (Phi) is 5.43. The molecule has 0 unspecified atom stereocenters. The SMILES string of the molecule is Cc1ccc([N+](=O)[O-])cc1NC(=S)NC(=O)CC1CCCC1. The van der Waals surface area contributed by atoms with Crippen LogP contribution < -0.4 is 10.6 Å². The number of anilines is 1. The molecule has 1 aromatic rings. The second-order valence-electron chi connectivity index (χ2n) is 5.61. The highest BCUT2D eigenvalue weighted by atomic mass is 32.1. The van der Waals surface area contributed by atoms with Gasteiger partial charge in [0, 0.05) is 24.2 Å². The van der Waals surface area contributed by atoms with E-state index >= 15 is 0 Å². The Labute approximate surface area is 134 Å². The normalized spacial score (nSPS) is 14.6. The minimum Gasteiger partial charge on any atom is -0.332 e. The summed E-state index contributed by atoms with van der Waals surface area (Å²) < 4.78 is 0. The third-order valence-corrected chi connectivity index (χ3v) is 4.09. The summed E-state index contributed by atoms with van der Waals surface area (Å²) in [7, 11) is 0. The van der Waals surface area contributed by atoms with Crippen LogP contribution in [0.1, 0.15) is 37.7 Å². The van der Waals surface area contributed by atoms with Gasteiger partial charge >= 0.3 is 0 Å². The number of benzene rings is 1. The zero-order valence-corrected chi connectivity index (χ0v) is 13.2. The zero-order valence-electron chi connectivity index (χ0n) is 12.4. The molecule has 0 aromatic heterocycles. The molecule has 0 spiro atoms. The van der Waals surface area contributed by atoms with Crippen molar-refractivity contribution < 1.29 is 9.72 Å². The molecule has 2 N–H and O–H groups in total. The highest BCUT2D eigenvalue weighted by Crippen LogP contribution is 2.27. The number of non-ortho nitro benzene ring substituents is 1. The average Bonchev–Trinajstić information content (AvgIpc) is 2.93. The molecule has 0 aliphatic heterocycles. The van der Waals surface area contributed by atoms with Crippen molar-refractivity contribution in [3.05, 3.63) is 33.9 Å². The maximum Gasteiger partial charge on any atom is 0.271 e. The smallest absolute Gasteiger partial charge is 0.271 e. The number of thiocarbonyl (C=S) groups is 1. The molecule has 6 nitrogen and oxygen atoms in total. The van der Waals surface area contributed by atoms with Gasteiger partial charge in [0.25, 0.3) is 5.69 Å². The maximum absolute atomic E-state index is 11.9. The van der Waals surface area contributed by atoms with Crippen LogP contribution in [0.2, 0.25) is 0 Å². The van der Waals surface area contributed by atoms with Crippen LogP contribution in [0.15, 0.2) is 18.2 Å². The van der Waals surface area contributed by atoms with Crippen molar-refractivity contribution in [2.24, 2.45) is 5.92 Å². The van der Waals surface area contributed by atoms with Gasteiger partial charge in [0.2, 0.25) is 5.91 Å². The van der Waals surface area contributed by atoms with Gasteiger partial charge in [0.15, 0.2) is 5.11 Å². The van der Waals surface area contributed by atoms with E-state index < -0.39 is 4.92 Å². The highest BCUT2D eigenvalue weighted by Gasteiger charge is 2.19. The number of hydrogen-bond acceptors (Lipinski definition) is 4.